The molecule has 2 N–H and O–H groups in total. The summed E-state index contributed by atoms with van der Waals surface area (Å²) in [5.74, 6) is -0.619. The Balaban J connectivity index is 2.26. The normalized spacial score (nSPS) is 10.1. The molecule has 0 amide bonds. The van der Waals surface area contributed by atoms with Crippen molar-refractivity contribution >= 4 is 11.5 Å². The molecule has 0 heterocycles. The molecule has 0 saturated heterocycles. The number of hydrogen-bond acceptors (Lipinski definition) is 4. The van der Waals surface area contributed by atoms with E-state index >= 15 is 0 Å². The molecule has 0 saturated carbocycles. The molecule has 2 rings (SSSR count). The van der Waals surface area contributed by atoms with Crippen LogP contribution in [0.3, 0.4) is 0 Å². The Morgan fingerprint density at radius 1 is 1.00 bits per heavy atom. The van der Waals surface area contributed by atoms with Gasteiger partial charge in [-0.1, -0.05) is 12.2 Å². The van der Waals surface area contributed by atoms with Crippen LogP contribution in [0.15, 0.2) is 67.8 Å². The molecule has 4 nitrogen and oxygen atoms in total. The Labute approximate surface area is 135 Å². The van der Waals surface area contributed by atoms with Gasteiger partial charge in [-0.25, -0.2) is 0 Å². The number of phenolic OH excluding ortho intramolecular Hbond substituents is 2. The molecule has 0 unspecified atom stereocenters. The zero-order valence-corrected chi connectivity index (χ0v) is 12.8. The van der Waals surface area contributed by atoms with Crippen LogP contribution >= 0.6 is 0 Å². The first-order chi connectivity index (χ1) is 11.1. The Hall–Kier alpha value is -3.01. The Morgan fingerprint density at radius 2 is 1.61 bits per heavy atom. The van der Waals surface area contributed by atoms with E-state index in [2.05, 4.69) is 18.1 Å². The van der Waals surface area contributed by atoms with Crippen LogP contribution in [-0.4, -0.2) is 29.1 Å². The van der Waals surface area contributed by atoms with Gasteiger partial charge in [0, 0.05) is 30.4 Å². The first kappa shape index (κ1) is 16.4. The molecule has 0 aliphatic carbocycles. The second-order valence-electron chi connectivity index (χ2n) is 5.06. The number of ketones is 1. The average Bonchev–Trinajstić information content (AvgIpc) is 2.54. The standard InChI is InChI=1S/C19H19NO3/c1-3-11-20(12-4-2)15-7-5-14(6-8-15)19(23)17-10-9-16(21)13-18(17)22/h3-10,13,21-22H,1-2,11-12H2. The van der Waals surface area contributed by atoms with E-state index in [1.54, 1.807) is 24.3 Å². The Morgan fingerprint density at radius 3 is 2.13 bits per heavy atom. The van der Waals surface area contributed by atoms with Gasteiger partial charge in [0.1, 0.15) is 11.5 Å². The molecule has 0 atom stereocenters. The van der Waals surface area contributed by atoms with Crippen molar-refractivity contribution in [3.63, 3.8) is 0 Å². The summed E-state index contributed by atoms with van der Waals surface area (Å²) in [5, 5.41) is 19.1. The third-order valence-electron chi connectivity index (χ3n) is 3.42. The largest absolute Gasteiger partial charge is 0.508 e. The van der Waals surface area contributed by atoms with Gasteiger partial charge in [0.15, 0.2) is 5.78 Å². The van der Waals surface area contributed by atoms with Gasteiger partial charge in [0.2, 0.25) is 0 Å². The van der Waals surface area contributed by atoms with Crippen molar-refractivity contribution in [1.82, 2.24) is 0 Å². The van der Waals surface area contributed by atoms with Gasteiger partial charge in [-0.2, -0.15) is 0 Å². The van der Waals surface area contributed by atoms with Gasteiger partial charge in [-0.05, 0) is 36.4 Å². The summed E-state index contributed by atoms with van der Waals surface area (Å²) in [5.41, 5.74) is 1.58. The van der Waals surface area contributed by atoms with E-state index in [0.717, 1.165) is 11.8 Å². The summed E-state index contributed by atoms with van der Waals surface area (Å²) in [6, 6.07) is 11.0. The molecule has 118 valence electrons. The lowest BCUT2D eigenvalue weighted by Gasteiger charge is -2.21. The highest BCUT2D eigenvalue weighted by molar-refractivity contribution is 6.10. The van der Waals surface area contributed by atoms with Crippen LogP contribution < -0.4 is 4.90 Å². The third-order valence-corrected chi connectivity index (χ3v) is 3.42. The van der Waals surface area contributed by atoms with E-state index in [-0.39, 0.29) is 22.8 Å². The van der Waals surface area contributed by atoms with Gasteiger partial charge in [-0.3, -0.25) is 4.79 Å². The summed E-state index contributed by atoms with van der Waals surface area (Å²) in [4.78, 5) is 14.5. The summed E-state index contributed by atoms with van der Waals surface area (Å²) in [6.45, 7) is 8.82. The maximum Gasteiger partial charge on any atom is 0.196 e. The van der Waals surface area contributed by atoms with Crippen LogP contribution in [0.2, 0.25) is 0 Å². The second-order valence-corrected chi connectivity index (χ2v) is 5.06. The summed E-state index contributed by atoms with van der Waals surface area (Å²) < 4.78 is 0. The molecule has 0 bridgehead atoms. The molecule has 2 aromatic rings. The fourth-order valence-electron chi connectivity index (χ4n) is 2.29. The number of carbonyl (C=O) groups excluding carboxylic acids is 1. The molecule has 2 aromatic carbocycles. The number of hydrogen-bond donors (Lipinski definition) is 2. The zero-order chi connectivity index (χ0) is 16.8. The van der Waals surface area contributed by atoms with Gasteiger partial charge in [-0.15, -0.1) is 13.2 Å². The number of anilines is 1. The minimum Gasteiger partial charge on any atom is -0.508 e. The van der Waals surface area contributed by atoms with Gasteiger partial charge >= 0.3 is 0 Å². The molecule has 0 fully saturated rings. The number of carbonyl (C=O) groups is 1. The predicted octanol–water partition coefficient (Wildman–Crippen LogP) is 3.51. The first-order valence-electron chi connectivity index (χ1n) is 7.20. The van der Waals surface area contributed by atoms with Crippen molar-refractivity contribution in [3.8, 4) is 11.5 Å². The molecular weight excluding hydrogens is 290 g/mol. The van der Waals surface area contributed by atoms with Crippen LogP contribution in [0.4, 0.5) is 5.69 Å². The monoisotopic (exact) mass is 309 g/mol. The zero-order valence-electron chi connectivity index (χ0n) is 12.8. The molecule has 0 aliphatic heterocycles. The molecular formula is C19H19NO3. The van der Waals surface area contributed by atoms with E-state index in [1.807, 2.05) is 12.1 Å². The van der Waals surface area contributed by atoms with E-state index in [4.69, 9.17) is 0 Å². The van der Waals surface area contributed by atoms with Crippen molar-refractivity contribution in [2.45, 2.75) is 0 Å². The Kier molecular flexibility index (Phi) is 5.20. The second kappa shape index (κ2) is 7.31. The predicted molar refractivity (Wildman–Crippen MR) is 92.3 cm³/mol. The number of aromatic hydroxyl groups is 2. The molecule has 0 radical (unpaired) electrons. The highest BCUT2D eigenvalue weighted by Crippen LogP contribution is 2.25. The van der Waals surface area contributed by atoms with Crippen LogP contribution in [0, 0.1) is 0 Å². The summed E-state index contributed by atoms with van der Waals surface area (Å²) >= 11 is 0. The smallest absolute Gasteiger partial charge is 0.196 e. The SMILES string of the molecule is C=CCN(CC=C)c1ccc(C(=O)c2ccc(O)cc2O)cc1. The highest BCUT2D eigenvalue weighted by atomic mass is 16.3. The number of nitrogens with zero attached hydrogens (tertiary/aromatic N) is 1. The topological polar surface area (TPSA) is 60.8 Å². The van der Waals surface area contributed by atoms with E-state index in [1.165, 1.54) is 12.1 Å². The maximum atomic E-state index is 12.4. The fourth-order valence-corrected chi connectivity index (χ4v) is 2.29. The molecule has 4 heteroatoms. The van der Waals surface area contributed by atoms with Crippen LogP contribution in [0.1, 0.15) is 15.9 Å². The van der Waals surface area contributed by atoms with E-state index in [0.29, 0.717) is 18.7 Å². The lowest BCUT2D eigenvalue weighted by molar-refractivity contribution is 0.103. The van der Waals surface area contributed by atoms with Gasteiger partial charge in [0.25, 0.3) is 0 Å². The highest BCUT2D eigenvalue weighted by Gasteiger charge is 2.14. The first-order valence-corrected chi connectivity index (χ1v) is 7.20. The summed E-state index contributed by atoms with van der Waals surface area (Å²) in [6.07, 6.45) is 3.61. The lowest BCUT2D eigenvalue weighted by Crippen LogP contribution is -2.23. The molecule has 23 heavy (non-hydrogen) atoms. The molecule has 0 spiro atoms. The van der Waals surface area contributed by atoms with Crippen molar-refractivity contribution in [2.24, 2.45) is 0 Å². The van der Waals surface area contributed by atoms with Crippen molar-refractivity contribution in [3.05, 3.63) is 78.9 Å². The van der Waals surface area contributed by atoms with Crippen molar-refractivity contribution < 1.29 is 15.0 Å². The summed E-state index contributed by atoms with van der Waals surface area (Å²) in [7, 11) is 0. The van der Waals surface area contributed by atoms with E-state index in [9.17, 15) is 15.0 Å². The van der Waals surface area contributed by atoms with Gasteiger partial charge in [0.05, 0.1) is 5.56 Å². The number of phenols is 2. The van der Waals surface area contributed by atoms with Gasteiger partial charge < -0.3 is 15.1 Å². The fraction of sp³-hybridized carbons (Fsp3) is 0.105. The quantitative estimate of drug-likeness (QED) is 0.607. The average molecular weight is 309 g/mol. The molecule has 0 aliphatic rings. The lowest BCUT2D eigenvalue weighted by atomic mass is 10.0. The Bertz CT molecular complexity index is 710. The number of rotatable bonds is 7. The number of benzene rings is 2. The van der Waals surface area contributed by atoms with Crippen LogP contribution in [-0.2, 0) is 0 Å². The maximum absolute atomic E-state index is 12.4. The van der Waals surface area contributed by atoms with Crippen molar-refractivity contribution in [2.75, 3.05) is 18.0 Å². The minimum absolute atomic E-state index is 0.0844. The van der Waals surface area contributed by atoms with Crippen LogP contribution in [0.25, 0.3) is 0 Å². The molecule has 0 aromatic heterocycles. The van der Waals surface area contributed by atoms with Crippen LogP contribution in [0.5, 0.6) is 11.5 Å². The van der Waals surface area contributed by atoms with Crippen molar-refractivity contribution in [1.29, 1.82) is 0 Å². The van der Waals surface area contributed by atoms with E-state index < -0.39 is 0 Å². The minimum atomic E-state index is -0.298. The third kappa shape index (κ3) is 3.80.